The molecule has 0 aliphatic rings. The predicted molar refractivity (Wildman–Crippen MR) is 101 cm³/mol. The van der Waals surface area contributed by atoms with Gasteiger partial charge >= 0.3 is 0 Å². The lowest BCUT2D eigenvalue weighted by atomic mass is 10.1. The Hall–Kier alpha value is -2.14. The molecule has 126 valence electrons. The number of benzene rings is 2. The van der Waals surface area contributed by atoms with Crippen LogP contribution in [0.15, 0.2) is 46.9 Å². The minimum Gasteiger partial charge on any atom is -0.326 e. The van der Waals surface area contributed by atoms with Gasteiger partial charge in [0.2, 0.25) is 11.8 Å². The van der Waals surface area contributed by atoms with Crippen molar-refractivity contribution in [1.82, 2.24) is 0 Å². The minimum atomic E-state index is -0.101. The molecule has 1 N–H and O–H groups in total. The van der Waals surface area contributed by atoms with E-state index in [0.717, 1.165) is 27.0 Å². The number of hydrogen-bond donors (Lipinski definition) is 1. The maximum absolute atomic E-state index is 12.3. The number of halogens is 1. The molecular weight excluding hydrogens is 368 g/mol. The van der Waals surface area contributed by atoms with Crippen molar-refractivity contribution < 1.29 is 9.59 Å². The molecule has 0 saturated heterocycles. The molecule has 0 heterocycles. The summed E-state index contributed by atoms with van der Waals surface area (Å²) in [4.78, 5) is 25.8. The Morgan fingerprint density at radius 3 is 2.17 bits per heavy atom. The van der Waals surface area contributed by atoms with E-state index < -0.39 is 0 Å². The van der Waals surface area contributed by atoms with Crippen molar-refractivity contribution >= 4 is 39.1 Å². The third-order valence-electron chi connectivity index (χ3n) is 3.83. The average Bonchev–Trinajstić information content (AvgIpc) is 2.52. The zero-order valence-corrected chi connectivity index (χ0v) is 15.7. The molecule has 0 atom stereocenters. The van der Waals surface area contributed by atoms with Gasteiger partial charge in [-0.25, -0.2) is 0 Å². The van der Waals surface area contributed by atoms with E-state index in [1.807, 2.05) is 56.3 Å². The molecule has 0 aromatic heterocycles. The second-order valence-electron chi connectivity index (χ2n) is 5.71. The van der Waals surface area contributed by atoms with Crippen LogP contribution in [0, 0.1) is 13.8 Å². The van der Waals surface area contributed by atoms with E-state index in [0.29, 0.717) is 6.54 Å². The normalized spacial score (nSPS) is 10.3. The molecule has 2 amide bonds. The number of rotatable bonds is 5. The SMILES string of the molecule is CC(=O)N(CCC(=O)Nc1c(C)cccc1C)c1ccc(Br)cc1. The van der Waals surface area contributed by atoms with E-state index >= 15 is 0 Å². The summed E-state index contributed by atoms with van der Waals surface area (Å²) in [6, 6.07) is 13.4. The second kappa shape index (κ2) is 8.11. The number of nitrogens with one attached hydrogen (secondary N) is 1. The van der Waals surface area contributed by atoms with Gasteiger partial charge in [-0.1, -0.05) is 34.1 Å². The Labute approximate surface area is 151 Å². The number of anilines is 2. The smallest absolute Gasteiger partial charge is 0.226 e. The first-order valence-electron chi connectivity index (χ1n) is 7.78. The lowest BCUT2D eigenvalue weighted by molar-refractivity contribution is -0.117. The number of carbonyl (C=O) groups excluding carboxylic acids is 2. The molecule has 2 aromatic rings. The molecule has 0 aliphatic carbocycles. The number of amides is 2. The van der Waals surface area contributed by atoms with Crippen LogP contribution in [0.25, 0.3) is 0 Å². The molecule has 2 rings (SSSR count). The molecule has 0 bridgehead atoms. The van der Waals surface area contributed by atoms with E-state index in [2.05, 4.69) is 21.2 Å². The largest absolute Gasteiger partial charge is 0.326 e. The fourth-order valence-electron chi connectivity index (χ4n) is 2.52. The van der Waals surface area contributed by atoms with Crippen LogP contribution in [0.3, 0.4) is 0 Å². The van der Waals surface area contributed by atoms with Gasteiger partial charge in [-0.2, -0.15) is 0 Å². The zero-order valence-electron chi connectivity index (χ0n) is 14.1. The van der Waals surface area contributed by atoms with Crippen LogP contribution < -0.4 is 10.2 Å². The van der Waals surface area contributed by atoms with E-state index in [-0.39, 0.29) is 18.2 Å². The van der Waals surface area contributed by atoms with Gasteiger partial charge < -0.3 is 10.2 Å². The van der Waals surface area contributed by atoms with Crippen molar-refractivity contribution in [3.05, 3.63) is 58.1 Å². The van der Waals surface area contributed by atoms with Crippen molar-refractivity contribution in [2.75, 3.05) is 16.8 Å². The number of nitrogens with zero attached hydrogens (tertiary/aromatic N) is 1. The van der Waals surface area contributed by atoms with Crippen molar-refractivity contribution in [2.24, 2.45) is 0 Å². The van der Waals surface area contributed by atoms with Crippen molar-refractivity contribution in [3.8, 4) is 0 Å². The first-order valence-corrected chi connectivity index (χ1v) is 8.57. The zero-order chi connectivity index (χ0) is 17.7. The molecule has 24 heavy (non-hydrogen) atoms. The van der Waals surface area contributed by atoms with Gasteiger partial charge in [0.15, 0.2) is 0 Å². The lowest BCUT2D eigenvalue weighted by Gasteiger charge is -2.21. The summed E-state index contributed by atoms with van der Waals surface area (Å²) in [5.41, 5.74) is 3.69. The number of hydrogen-bond acceptors (Lipinski definition) is 2. The van der Waals surface area contributed by atoms with E-state index in [9.17, 15) is 9.59 Å². The van der Waals surface area contributed by atoms with E-state index in [4.69, 9.17) is 0 Å². The summed E-state index contributed by atoms with van der Waals surface area (Å²) in [5.74, 6) is -0.187. The highest BCUT2D eigenvalue weighted by Gasteiger charge is 2.14. The highest BCUT2D eigenvalue weighted by Crippen LogP contribution is 2.21. The van der Waals surface area contributed by atoms with Gasteiger partial charge in [0, 0.05) is 35.7 Å². The topological polar surface area (TPSA) is 49.4 Å². The molecule has 5 heteroatoms. The van der Waals surface area contributed by atoms with Crippen LogP contribution in [-0.2, 0) is 9.59 Å². The van der Waals surface area contributed by atoms with Crippen molar-refractivity contribution in [1.29, 1.82) is 0 Å². The van der Waals surface area contributed by atoms with Gasteiger partial charge in [0.05, 0.1) is 0 Å². The van der Waals surface area contributed by atoms with Gasteiger partial charge in [-0.3, -0.25) is 9.59 Å². The first kappa shape index (κ1) is 18.2. The molecule has 4 nitrogen and oxygen atoms in total. The van der Waals surface area contributed by atoms with E-state index in [1.54, 1.807) is 4.90 Å². The van der Waals surface area contributed by atoms with Gasteiger partial charge in [-0.15, -0.1) is 0 Å². The summed E-state index contributed by atoms with van der Waals surface area (Å²) < 4.78 is 0.947. The quantitative estimate of drug-likeness (QED) is 0.822. The highest BCUT2D eigenvalue weighted by atomic mass is 79.9. The van der Waals surface area contributed by atoms with Gasteiger partial charge in [0.1, 0.15) is 0 Å². The van der Waals surface area contributed by atoms with E-state index in [1.165, 1.54) is 6.92 Å². The highest BCUT2D eigenvalue weighted by molar-refractivity contribution is 9.10. The van der Waals surface area contributed by atoms with Crippen LogP contribution >= 0.6 is 15.9 Å². The monoisotopic (exact) mass is 388 g/mol. The maximum atomic E-state index is 12.3. The van der Waals surface area contributed by atoms with Crippen molar-refractivity contribution in [2.45, 2.75) is 27.2 Å². The lowest BCUT2D eigenvalue weighted by Crippen LogP contribution is -2.32. The molecule has 2 aromatic carbocycles. The third kappa shape index (κ3) is 4.68. The fraction of sp³-hybridized carbons (Fsp3) is 0.263. The van der Waals surface area contributed by atoms with Crippen LogP contribution in [-0.4, -0.2) is 18.4 Å². The van der Waals surface area contributed by atoms with Crippen LogP contribution in [0.5, 0.6) is 0 Å². The van der Waals surface area contributed by atoms with Gasteiger partial charge in [0.25, 0.3) is 0 Å². The standard InChI is InChI=1S/C19H21BrN2O2/c1-13-5-4-6-14(2)19(13)21-18(24)11-12-22(15(3)23)17-9-7-16(20)8-10-17/h4-10H,11-12H2,1-3H3,(H,21,24). The minimum absolute atomic E-state index is 0.0859. The Morgan fingerprint density at radius 1 is 1.04 bits per heavy atom. The number of aryl methyl sites for hydroxylation is 2. The molecule has 0 saturated carbocycles. The summed E-state index contributed by atoms with van der Waals surface area (Å²) in [6.07, 6.45) is 0.240. The predicted octanol–water partition coefficient (Wildman–Crippen LogP) is 4.45. The van der Waals surface area contributed by atoms with Gasteiger partial charge in [-0.05, 0) is 49.2 Å². The Kier molecular flexibility index (Phi) is 6.15. The summed E-state index contributed by atoms with van der Waals surface area (Å²) >= 11 is 3.38. The molecule has 0 spiro atoms. The number of carbonyl (C=O) groups is 2. The molecule has 0 aliphatic heterocycles. The number of para-hydroxylation sites is 1. The summed E-state index contributed by atoms with van der Waals surface area (Å²) in [5, 5.41) is 2.95. The Bertz CT molecular complexity index is 721. The first-order chi connectivity index (χ1) is 11.4. The molecule has 0 fully saturated rings. The molecule has 0 unspecified atom stereocenters. The molecular formula is C19H21BrN2O2. The summed E-state index contributed by atoms with van der Waals surface area (Å²) in [6.45, 7) is 5.78. The second-order valence-corrected chi connectivity index (χ2v) is 6.63. The Balaban J connectivity index is 2.03. The average molecular weight is 389 g/mol. The maximum Gasteiger partial charge on any atom is 0.226 e. The summed E-state index contributed by atoms with van der Waals surface area (Å²) in [7, 11) is 0. The Morgan fingerprint density at radius 2 is 1.62 bits per heavy atom. The third-order valence-corrected chi connectivity index (χ3v) is 4.36. The van der Waals surface area contributed by atoms with Crippen molar-refractivity contribution in [3.63, 3.8) is 0 Å². The van der Waals surface area contributed by atoms with Crippen LogP contribution in [0.1, 0.15) is 24.5 Å². The van der Waals surface area contributed by atoms with Crippen LogP contribution in [0.2, 0.25) is 0 Å². The molecule has 0 radical (unpaired) electrons. The van der Waals surface area contributed by atoms with Crippen LogP contribution in [0.4, 0.5) is 11.4 Å². The fourth-order valence-corrected chi connectivity index (χ4v) is 2.78.